The minimum Gasteiger partial charge on any atom is -0.463 e. The molecule has 0 aliphatic rings. The maximum absolute atomic E-state index is 11.3. The van der Waals surface area contributed by atoms with Crippen LogP contribution in [0.3, 0.4) is 0 Å². The van der Waals surface area contributed by atoms with Gasteiger partial charge in [0.1, 0.15) is 11.5 Å². The van der Waals surface area contributed by atoms with Gasteiger partial charge in [-0.25, -0.2) is 4.79 Å². The quantitative estimate of drug-likeness (QED) is 0.544. The van der Waals surface area contributed by atoms with Crippen LogP contribution >= 0.6 is 15.9 Å². The summed E-state index contributed by atoms with van der Waals surface area (Å²) in [5, 5.41) is 0. The topological polar surface area (TPSA) is 39.4 Å². The summed E-state index contributed by atoms with van der Waals surface area (Å²) >= 11 is 3.61. The van der Waals surface area contributed by atoms with E-state index in [0.29, 0.717) is 12.4 Å². The van der Waals surface area contributed by atoms with E-state index in [1.54, 1.807) is 13.0 Å². The summed E-state index contributed by atoms with van der Waals surface area (Å²) in [5.41, 5.74) is 3.46. The second kappa shape index (κ2) is 7.45. The molecule has 2 aromatic rings. The van der Waals surface area contributed by atoms with Gasteiger partial charge in [-0.2, -0.15) is 0 Å². The summed E-state index contributed by atoms with van der Waals surface area (Å²) in [7, 11) is 0. The van der Waals surface area contributed by atoms with Crippen molar-refractivity contribution >= 4 is 28.0 Å². The van der Waals surface area contributed by atoms with Crippen LogP contribution in [0.4, 0.5) is 0 Å². The summed E-state index contributed by atoms with van der Waals surface area (Å²) in [5.74, 6) is 1.05. The fraction of sp³-hybridized carbons (Fsp3) is 0.278. The molecule has 4 heteroatoms. The molecule has 0 radical (unpaired) electrons. The van der Waals surface area contributed by atoms with Crippen LogP contribution in [0, 0.1) is 6.92 Å². The Labute approximate surface area is 139 Å². The molecule has 0 saturated carbocycles. The summed E-state index contributed by atoms with van der Waals surface area (Å²) in [6, 6.07) is 7.96. The molecule has 1 aromatic carbocycles. The van der Waals surface area contributed by atoms with Crippen LogP contribution in [-0.4, -0.2) is 12.6 Å². The highest BCUT2D eigenvalue weighted by Gasteiger charge is 2.09. The van der Waals surface area contributed by atoms with Crippen LogP contribution in [0.5, 0.6) is 0 Å². The van der Waals surface area contributed by atoms with E-state index in [0.717, 1.165) is 22.2 Å². The molecule has 1 aromatic heterocycles. The summed E-state index contributed by atoms with van der Waals surface area (Å²) in [6.45, 7) is 6.33. The Morgan fingerprint density at radius 3 is 2.77 bits per heavy atom. The van der Waals surface area contributed by atoms with Gasteiger partial charge in [-0.3, -0.25) is 0 Å². The number of ether oxygens (including phenoxy) is 1. The second-order valence-electron chi connectivity index (χ2n) is 4.91. The predicted octanol–water partition coefficient (Wildman–Crippen LogP) is 5.16. The van der Waals surface area contributed by atoms with E-state index in [4.69, 9.17) is 9.15 Å². The van der Waals surface area contributed by atoms with Gasteiger partial charge < -0.3 is 9.15 Å². The normalized spacial score (nSPS) is 11.1. The van der Waals surface area contributed by atoms with E-state index >= 15 is 0 Å². The maximum Gasteiger partial charge on any atom is 0.330 e. The van der Waals surface area contributed by atoms with E-state index in [1.807, 2.05) is 12.1 Å². The molecule has 0 atom stereocenters. The molecule has 0 spiro atoms. The number of hydrogen-bond acceptors (Lipinski definition) is 3. The lowest BCUT2D eigenvalue weighted by atomic mass is 10.0. The lowest BCUT2D eigenvalue weighted by Gasteiger charge is -2.08. The Balaban J connectivity index is 2.25. The smallest absolute Gasteiger partial charge is 0.330 e. The van der Waals surface area contributed by atoms with Gasteiger partial charge in [-0.15, -0.1) is 0 Å². The van der Waals surface area contributed by atoms with Crippen molar-refractivity contribution in [2.45, 2.75) is 27.2 Å². The molecule has 3 nitrogen and oxygen atoms in total. The number of aryl methyl sites for hydroxylation is 2. The molecule has 22 heavy (non-hydrogen) atoms. The first kappa shape index (κ1) is 16.6. The first-order valence-corrected chi connectivity index (χ1v) is 8.08. The van der Waals surface area contributed by atoms with E-state index in [-0.39, 0.29) is 5.97 Å². The van der Waals surface area contributed by atoms with Crippen LogP contribution in [0.1, 0.15) is 30.7 Å². The average molecular weight is 363 g/mol. The zero-order valence-corrected chi connectivity index (χ0v) is 14.6. The molecule has 0 unspecified atom stereocenters. The average Bonchev–Trinajstić information content (AvgIpc) is 2.97. The first-order valence-electron chi connectivity index (χ1n) is 7.29. The second-order valence-corrected chi connectivity index (χ2v) is 5.70. The zero-order valence-electron chi connectivity index (χ0n) is 13.0. The van der Waals surface area contributed by atoms with E-state index in [1.165, 1.54) is 17.2 Å². The Bertz CT molecular complexity index is 698. The Morgan fingerprint density at radius 2 is 2.09 bits per heavy atom. The fourth-order valence-corrected chi connectivity index (χ4v) is 2.69. The van der Waals surface area contributed by atoms with Gasteiger partial charge in [0.05, 0.1) is 6.61 Å². The number of furan rings is 1. The number of esters is 1. The largest absolute Gasteiger partial charge is 0.463 e. The SMILES string of the molecule is CCOC(=O)/C=C/c1ccc(-c2cc(C)c(Br)c(CC)c2)o1. The van der Waals surface area contributed by atoms with Gasteiger partial charge >= 0.3 is 5.97 Å². The molecule has 1 heterocycles. The van der Waals surface area contributed by atoms with Gasteiger partial charge in [0.15, 0.2) is 0 Å². The van der Waals surface area contributed by atoms with Crippen LogP contribution in [0.25, 0.3) is 17.4 Å². The van der Waals surface area contributed by atoms with Crippen LogP contribution in [0.2, 0.25) is 0 Å². The van der Waals surface area contributed by atoms with Gasteiger partial charge in [0.2, 0.25) is 0 Å². The van der Waals surface area contributed by atoms with E-state index < -0.39 is 0 Å². The van der Waals surface area contributed by atoms with Crippen LogP contribution < -0.4 is 0 Å². The molecular weight excluding hydrogens is 344 g/mol. The van der Waals surface area contributed by atoms with E-state index in [9.17, 15) is 4.79 Å². The highest BCUT2D eigenvalue weighted by molar-refractivity contribution is 9.10. The standard InChI is InChI=1S/C18H19BrO3/c1-4-13-11-14(10-12(3)18(13)19)16-8-6-15(22-16)7-9-17(20)21-5-2/h6-11H,4-5H2,1-3H3/b9-7+. The van der Waals surface area contributed by atoms with Crippen molar-refractivity contribution in [3.05, 3.63) is 51.7 Å². The predicted molar refractivity (Wildman–Crippen MR) is 91.6 cm³/mol. The monoisotopic (exact) mass is 362 g/mol. The third kappa shape index (κ3) is 3.89. The number of carbonyl (C=O) groups excluding carboxylic acids is 1. The van der Waals surface area contributed by atoms with Gasteiger partial charge in [-0.05, 0) is 61.7 Å². The third-order valence-corrected chi connectivity index (χ3v) is 4.43. The van der Waals surface area contributed by atoms with Crippen LogP contribution in [-0.2, 0) is 16.0 Å². The number of benzene rings is 1. The summed E-state index contributed by atoms with van der Waals surface area (Å²) < 4.78 is 11.8. The van der Waals surface area contributed by atoms with Crippen molar-refractivity contribution in [2.24, 2.45) is 0 Å². The minimum atomic E-state index is -0.367. The number of carbonyl (C=O) groups is 1. The Morgan fingerprint density at radius 1 is 1.32 bits per heavy atom. The van der Waals surface area contributed by atoms with Crippen molar-refractivity contribution in [3.63, 3.8) is 0 Å². The lowest BCUT2D eigenvalue weighted by molar-refractivity contribution is -0.137. The van der Waals surface area contributed by atoms with Crippen molar-refractivity contribution in [1.82, 2.24) is 0 Å². The maximum atomic E-state index is 11.3. The van der Waals surface area contributed by atoms with Gasteiger partial charge in [0.25, 0.3) is 0 Å². The third-order valence-electron chi connectivity index (χ3n) is 3.29. The molecule has 0 bridgehead atoms. The molecule has 0 amide bonds. The molecule has 0 N–H and O–H groups in total. The highest BCUT2D eigenvalue weighted by Crippen LogP contribution is 2.30. The molecule has 0 saturated heterocycles. The van der Waals surface area contributed by atoms with Crippen molar-refractivity contribution in [2.75, 3.05) is 6.61 Å². The molecule has 0 aliphatic carbocycles. The van der Waals surface area contributed by atoms with E-state index in [2.05, 4.69) is 41.9 Å². The molecule has 0 fully saturated rings. The number of halogens is 1. The Hall–Kier alpha value is -1.81. The highest BCUT2D eigenvalue weighted by atomic mass is 79.9. The van der Waals surface area contributed by atoms with Crippen molar-refractivity contribution < 1.29 is 13.9 Å². The molecule has 0 aliphatic heterocycles. The molecule has 116 valence electrons. The number of rotatable bonds is 5. The first-order chi connectivity index (χ1) is 10.5. The minimum absolute atomic E-state index is 0.366. The van der Waals surface area contributed by atoms with Gasteiger partial charge in [-0.1, -0.05) is 22.9 Å². The van der Waals surface area contributed by atoms with Crippen molar-refractivity contribution in [1.29, 1.82) is 0 Å². The fourth-order valence-electron chi connectivity index (χ4n) is 2.18. The zero-order chi connectivity index (χ0) is 16.1. The lowest BCUT2D eigenvalue weighted by Crippen LogP contribution is -1.98. The Kier molecular flexibility index (Phi) is 5.61. The van der Waals surface area contributed by atoms with Gasteiger partial charge in [0, 0.05) is 16.1 Å². The summed E-state index contributed by atoms with van der Waals surface area (Å²) in [6.07, 6.45) is 3.94. The van der Waals surface area contributed by atoms with Crippen molar-refractivity contribution in [3.8, 4) is 11.3 Å². The molecule has 2 rings (SSSR count). The summed E-state index contributed by atoms with van der Waals surface area (Å²) in [4.78, 5) is 11.3. The van der Waals surface area contributed by atoms with Crippen LogP contribution in [0.15, 0.2) is 39.2 Å². The molecular formula is C18H19BrO3. The number of hydrogen-bond donors (Lipinski definition) is 0.